The van der Waals surface area contributed by atoms with E-state index in [1.807, 2.05) is 0 Å². The molecule has 2 aliphatic rings. The van der Waals surface area contributed by atoms with Crippen molar-refractivity contribution in [1.29, 1.82) is 0 Å². The van der Waals surface area contributed by atoms with Gasteiger partial charge in [0.05, 0.1) is 11.1 Å². The number of nitrogens with zero attached hydrogens (tertiary/aromatic N) is 2. The van der Waals surface area contributed by atoms with Crippen molar-refractivity contribution in [2.45, 2.75) is 69.4 Å². The van der Waals surface area contributed by atoms with Gasteiger partial charge in [-0.15, -0.1) is 0 Å². The van der Waals surface area contributed by atoms with Crippen LogP contribution in [-0.4, -0.2) is 59.7 Å². The van der Waals surface area contributed by atoms with E-state index in [2.05, 4.69) is 5.32 Å². The van der Waals surface area contributed by atoms with Gasteiger partial charge in [-0.1, -0.05) is 12.1 Å². The highest BCUT2D eigenvalue weighted by Gasteiger charge is 2.41. The number of carbonyl (C=O) groups excluding carboxylic acids is 3. The normalized spacial score (nSPS) is 23.0. The molecule has 0 aromatic heterocycles. The molecule has 1 heterocycles. The number of rotatable bonds is 5. The van der Waals surface area contributed by atoms with E-state index in [1.54, 1.807) is 4.90 Å². The Labute approximate surface area is 244 Å². The van der Waals surface area contributed by atoms with Gasteiger partial charge in [-0.2, -0.15) is 26.3 Å². The van der Waals surface area contributed by atoms with Crippen LogP contribution in [-0.2, 0) is 21.9 Å². The minimum absolute atomic E-state index is 0.00683. The summed E-state index contributed by atoms with van der Waals surface area (Å²) in [6.45, 7) is 1.76. The number of hydrogen-bond acceptors (Lipinski definition) is 3. The van der Waals surface area contributed by atoms with Gasteiger partial charge in [-0.05, 0) is 68.0 Å². The lowest BCUT2D eigenvalue weighted by Gasteiger charge is -2.44. The van der Waals surface area contributed by atoms with Gasteiger partial charge in [0, 0.05) is 56.5 Å². The number of likely N-dealkylation sites (N-methyl/N-ethyl adjacent to an activating group) is 1. The first-order valence-corrected chi connectivity index (χ1v) is 13.9. The molecule has 3 amide bonds. The van der Waals surface area contributed by atoms with Gasteiger partial charge in [0.15, 0.2) is 0 Å². The van der Waals surface area contributed by atoms with E-state index in [0.29, 0.717) is 43.4 Å². The monoisotopic (exact) mass is 615 g/mol. The molecule has 0 spiro atoms. The van der Waals surface area contributed by atoms with Crippen molar-refractivity contribution in [3.8, 4) is 0 Å². The molecule has 4 rings (SSSR count). The number of piperidine rings is 1. The van der Waals surface area contributed by atoms with Crippen LogP contribution in [0.2, 0.25) is 0 Å². The SMILES string of the molecule is CC(=O)NC1CCC(C(=O)N2CCC(N(C)C(=O)c3cc(C(F)(F)F)cc(C(F)(F)F)c3)C(c3ccc(F)cc3)C2)CC1. The molecule has 43 heavy (non-hydrogen) atoms. The molecule has 13 heteroatoms. The van der Waals surface area contributed by atoms with Crippen molar-refractivity contribution in [3.63, 3.8) is 0 Å². The smallest absolute Gasteiger partial charge is 0.354 e. The molecule has 0 radical (unpaired) electrons. The first-order chi connectivity index (χ1) is 20.0. The van der Waals surface area contributed by atoms with Crippen molar-refractivity contribution in [3.05, 3.63) is 70.5 Å². The minimum atomic E-state index is -5.11. The van der Waals surface area contributed by atoms with Crippen molar-refractivity contribution < 1.29 is 45.1 Å². The fraction of sp³-hybridized carbons (Fsp3) is 0.500. The van der Waals surface area contributed by atoms with Crippen molar-refractivity contribution in [2.24, 2.45) is 5.92 Å². The standard InChI is InChI=1S/C30H32F7N3O3/c1-17(41)38-24-9-5-19(6-10-24)28(43)40-12-11-26(25(16-40)18-3-7-23(31)8-4-18)39(2)27(42)20-13-21(29(32,33)34)15-22(14-20)30(35,36)37/h3-4,7-8,13-15,19,24-26H,5-6,9-12,16H2,1-2H3,(H,38,41). The third kappa shape index (κ3) is 7.66. The van der Waals surface area contributed by atoms with Gasteiger partial charge in [-0.3, -0.25) is 14.4 Å². The Balaban J connectivity index is 1.58. The van der Waals surface area contributed by atoms with Gasteiger partial charge in [0.1, 0.15) is 5.82 Å². The second kappa shape index (κ2) is 12.5. The highest BCUT2D eigenvalue weighted by atomic mass is 19.4. The van der Waals surface area contributed by atoms with E-state index in [4.69, 9.17) is 0 Å². The lowest BCUT2D eigenvalue weighted by atomic mass is 9.82. The number of likely N-dealkylation sites (tertiary alicyclic amines) is 1. The third-order valence-corrected chi connectivity index (χ3v) is 8.32. The van der Waals surface area contributed by atoms with Crippen LogP contribution in [0.15, 0.2) is 42.5 Å². The lowest BCUT2D eigenvalue weighted by Crippen LogP contribution is -2.53. The van der Waals surface area contributed by atoms with Gasteiger partial charge in [0.25, 0.3) is 5.91 Å². The highest BCUT2D eigenvalue weighted by molar-refractivity contribution is 5.95. The van der Waals surface area contributed by atoms with Crippen LogP contribution in [0.4, 0.5) is 30.7 Å². The van der Waals surface area contributed by atoms with Gasteiger partial charge < -0.3 is 15.1 Å². The molecule has 6 nitrogen and oxygen atoms in total. The number of benzene rings is 2. The average Bonchev–Trinajstić information content (AvgIpc) is 2.95. The maximum atomic E-state index is 13.7. The van der Waals surface area contributed by atoms with E-state index in [0.717, 1.165) is 4.90 Å². The fourth-order valence-corrected chi connectivity index (χ4v) is 6.10. The summed E-state index contributed by atoms with van der Waals surface area (Å²) in [6, 6.07) is 5.45. The van der Waals surface area contributed by atoms with E-state index in [1.165, 1.54) is 38.2 Å². The minimum Gasteiger partial charge on any atom is -0.354 e. The van der Waals surface area contributed by atoms with E-state index >= 15 is 0 Å². The predicted molar refractivity (Wildman–Crippen MR) is 142 cm³/mol. The molecule has 0 bridgehead atoms. The number of hydrogen-bond donors (Lipinski definition) is 1. The molecule has 2 unspecified atom stereocenters. The van der Waals surface area contributed by atoms with Crippen molar-refractivity contribution in [1.82, 2.24) is 15.1 Å². The average molecular weight is 616 g/mol. The van der Waals surface area contributed by atoms with E-state index in [-0.39, 0.29) is 49.4 Å². The van der Waals surface area contributed by atoms with Crippen molar-refractivity contribution in [2.75, 3.05) is 20.1 Å². The zero-order valence-electron chi connectivity index (χ0n) is 23.6. The van der Waals surface area contributed by atoms with Crippen LogP contribution in [0.1, 0.15) is 72.0 Å². The summed E-state index contributed by atoms with van der Waals surface area (Å²) >= 11 is 0. The maximum Gasteiger partial charge on any atom is 0.416 e. The zero-order valence-corrected chi connectivity index (χ0v) is 23.6. The molecule has 2 atom stereocenters. The number of nitrogens with one attached hydrogen (secondary N) is 1. The van der Waals surface area contributed by atoms with Gasteiger partial charge in [-0.25, -0.2) is 4.39 Å². The second-order valence-electron chi connectivity index (χ2n) is 11.3. The topological polar surface area (TPSA) is 69.7 Å². The maximum absolute atomic E-state index is 13.7. The third-order valence-electron chi connectivity index (χ3n) is 8.32. The molecular weight excluding hydrogens is 583 g/mol. The summed E-state index contributed by atoms with van der Waals surface area (Å²) in [6.07, 6.45) is -7.61. The summed E-state index contributed by atoms with van der Waals surface area (Å²) in [7, 11) is 1.30. The Morgan fingerprint density at radius 3 is 1.93 bits per heavy atom. The summed E-state index contributed by atoms with van der Waals surface area (Å²) < 4.78 is 94.4. The van der Waals surface area contributed by atoms with Gasteiger partial charge >= 0.3 is 12.4 Å². The molecule has 1 N–H and O–H groups in total. The number of carbonyl (C=O) groups is 3. The van der Waals surface area contributed by atoms with E-state index in [9.17, 15) is 45.1 Å². The Morgan fingerprint density at radius 1 is 0.860 bits per heavy atom. The summed E-state index contributed by atoms with van der Waals surface area (Å²) in [5, 5.41) is 2.86. The van der Waals surface area contributed by atoms with Gasteiger partial charge in [0.2, 0.25) is 11.8 Å². The Bertz CT molecular complexity index is 1300. The summed E-state index contributed by atoms with van der Waals surface area (Å²) in [5.74, 6) is -2.67. The molecule has 2 fully saturated rings. The largest absolute Gasteiger partial charge is 0.416 e. The first-order valence-electron chi connectivity index (χ1n) is 13.9. The van der Waals surface area contributed by atoms with Crippen LogP contribution in [0.25, 0.3) is 0 Å². The Kier molecular flexibility index (Phi) is 9.41. The predicted octanol–water partition coefficient (Wildman–Crippen LogP) is 6.01. The van der Waals surface area contributed by atoms with Crippen LogP contribution >= 0.6 is 0 Å². The Morgan fingerprint density at radius 2 is 1.42 bits per heavy atom. The Hall–Kier alpha value is -3.64. The van der Waals surface area contributed by atoms with Crippen LogP contribution in [0.5, 0.6) is 0 Å². The number of amides is 3. The fourth-order valence-electron chi connectivity index (χ4n) is 6.10. The van der Waals surface area contributed by atoms with Crippen LogP contribution in [0.3, 0.4) is 0 Å². The summed E-state index contributed by atoms with van der Waals surface area (Å²) in [5.41, 5.74) is -3.39. The molecule has 2 aromatic rings. The molecule has 1 aliphatic carbocycles. The summed E-state index contributed by atoms with van der Waals surface area (Å²) in [4.78, 5) is 41.1. The highest BCUT2D eigenvalue weighted by Crippen LogP contribution is 2.38. The first kappa shape index (κ1) is 32.3. The number of halogens is 7. The molecule has 234 valence electrons. The van der Waals surface area contributed by atoms with Crippen LogP contribution in [0, 0.1) is 11.7 Å². The molecular formula is C30H32F7N3O3. The molecule has 1 aliphatic heterocycles. The molecule has 1 saturated carbocycles. The van der Waals surface area contributed by atoms with Crippen molar-refractivity contribution >= 4 is 17.7 Å². The quantitative estimate of drug-likeness (QED) is 0.419. The number of alkyl halides is 6. The molecule has 2 aromatic carbocycles. The van der Waals surface area contributed by atoms with Crippen LogP contribution < -0.4 is 5.32 Å². The lowest BCUT2D eigenvalue weighted by molar-refractivity contribution is -0.143. The second-order valence-corrected chi connectivity index (χ2v) is 11.3. The molecule has 1 saturated heterocycles. The van der Waals surface area contributed by atoms with E-state index < -0.39 is 52.7 Å². The zero-order chi connectivity index (χ0) is 31.7.